The first-order valence-electron chi connectivity index (χ1n) is 11.4. The van der Waals surface area contributed by atoms with E-state index < -0.39 is 0 Å². The Balaban J connectivity index is 1.35. The van der Waals surface area contributed by atoms with E-state index in [1.54, 1.807) is 0 Å². The third-order valence-electron chi connectivity index (χ3n) is 7.62. The number of nitrogens with zero attached hydrogens (tertiary/aromatic N) is 2. The summed E-state index contributed by atoms with van der Waals surface area (Å²) in [6.07, 6.45) is 12.3. The fraction of sp³-hybridized carbons (Fsp3) is 0.909. The zero-order valence-electron chi connectivity index (χ0n) is 16.9. The van der Waals surface area contributed by atoms with Crippen LogP contribution in [0.1, 0.15) is 77.6 Å². The Labute approximate surface area is 163 Å². The van der Waals surface area contributed by atoms with Crippen molar-refractivity contribution in [2.24, 2.45) is 17.8 Å². The Morgan fingerprint density at radius 1 is 0.852 bits per heavy atom. The Bertz CT molecular complexity index is 550. The maximum absolute atomic E-state index is 13.4. The van der Waals surface area contributed by atoms with E-state index in [0.29, 0.717) is 30.5 Å². The van der Waals surface area contributed by atoms with Crippen molar-refractivity contribution in [1.29, 1.82) is 0 Å². The second kappa shape index (κ2) is 8.40. The number of hydrogen-bond donors (Lipinski definition) is 0. The Hall–Kier alpha value is -1.26. The maximum Gasteiger partial charge on any atom is 0.410 e. The topological polar surface area (TPSA) is 49.9 Å². The predicted molar refractivity (Wildman–Crippen MR) is 104 cm³/mol. The van der Waals surface area contributed by atoms with Crippen LogP contribution in [0.5, 0.6) is 0 Å². The Morgan fingerprint density at radius 3 is 2.48 bits per heavy atom. The number of ether oxygens (including phenoxy) is 1. The number of carbonyl (C=O) groups is 2. The first-order chi connectivity index (χ1) is 13.2. The van der Waals surface area contributed by atoms with E-state index in [1.165, 1.54) is 38.5 Å². The van der Waals surface area contributed by atoms with Gasteiger partial charge in [0.1, 0.15) is 0 Å². The molecular weight excluding hydrogens is 340 g/mol. The van der Waals surface area contributed by atoms with Gasteiger partial charge < -0.3 is 14.5 Å². The lowest BCUT2D eigenvalue weighted by Crippen LogP contribution is -2.52. The summed E-state index contributed by atoms with van der Waals surface area (Å²) in [5.41, 5.74) is 0. The van der Waals surface area contributed by atoms with Crippen LogP contribution in [0.4, 0.5) is 4.79 Å². The third kappa shape index (κ3) is 3.84. The van der Waals surface area contributed by atoms with E-state index in [0.717, 1.165) is 51.1 Å². The van der Waals surface area contributed by atoms with E-state index in [4.69, 9.17) is 4.74 Å². The minimum absolute atomic E-state index is 0.143. The molecule has 27 heavy (non-hydrogen) atoms. The molecule has 5 heteroatoms. The molecule has 2 aliphatic carbocycles. The molecule has 4 unspecified atom stereocenters. The van der Waals surface area contributed by atoms with Crippen molar-refractivity contribution in [3.05, 3.63) is 0 Å². The summed E-state index contributed by atoms with van der Waals surface area (Å²) >= 11 is 0. The Morgan fingerprint density at radius 2 is 1.63 bits per heavy atom. The molecule has 0 aromatic rings. The van der Waals surface area contributed by atoms with Crippen LogP contribution in [-0.4, -0.2) is 53.6 Å². The number of likely N-dealkylation sites (tertiary alicyclic amines) is 2. The third-order valence-corrected chi connectivity index (χ3v) is 7.62. The lowest BCUT2D eigenvalue weighted by atomic mass is 9.75. The molecule has 0 radical (unpaired) electrons. The van der Waals surface area contributed by atoms with Crippen molar-refractivity contribution in [3.8, 4) is 0 Å². The van der Waals surface area contributed by atoms with Gasteiger partial charge in [-0.3, -0.25) is 4.79 Å². The van der Waals surface area contributed by atoms with E-state index in [2.05, 4.69) is 4.90 Å². The molecule has 4 aliphatic rings. The summed E-state index contributed by atoms with van der Waals surface area (Å²) in [5.74, 6) is 1.84. The number of piperidine rings is 1. The van der Waals surface area contributed by atoms with E-state index in [9.17, 15) is 9.59 Å². The lowest BCUT2D eigenvalue weighted by Gasteiger charge is -2.46. The molecule has 0 aromatic carbocycles. The van der Waals surface area contributed by atoms with Gasteiger partial charge in [-0.2, -0.15) is 0 Å². The van der Waals surface area contributed by atoms with E-state index in [1.807, 2.05) is 11.8 Å². The molecule has 0 N–H and O–H groups in total. The molecular formula is C22H36N2O3. The molecule has 0 aromatic heterocycles. The van der Waals surface area contributed by atoms with E-state index in [-0.39, 0.29) is 12.0 Å². The summed E-state index contributed by atoms with van der Waals surface area (Å²) < 4.78 is 5.36. The fourth-order valence-corrected chi connectivity index (χ4v) is 6.30. The maximum atomic E-state index is 13.4. The number of hydrogen-bond acceptors (Lipinski definition) is 3. The second-order valence-electron chi connectivity index (χ2n) is 9.22. The SMILES string of the molecule is CCCOC(=O)N1CC[C@H]2CC(C(=O)N3CCCC4CCCCC43)CCC21. The van der Waals surface area contributed by atoms with Gasteiger partial charge in [0.05, 0.1) is 6.61 Å². The number of rotatable bonds is 3. The van der Waals surface area contributed by atoms with Gasteiger partial charge in [-0.05, 0) is 69.6 Å². The van der Waals surface area contributed by atoms with Crippen molar-refractivity contribution in [2.75, 3.05) is 19.7 Å². The smallest absolute Gasteiger partial charge is 0.410 e. The molecule has 2 amide bonds. The largest absolute Gasteiger partial charge is 0.449 e. The highest BCUT2D eigenvalue weighted by Gasteiger charge is 2.45. The van der Waals surface area contributed by atoms with Crippen molar-refractivity contribution >= 4 is 12.0 Å². The highest BCUT2D eigenvalue weighted by molar-refractivity contribution is 5.79. The molecule has 152 valence electrons. The average Bonchev–Trinajstić information content (AvgIpc) is 3.14. The van der Waals surface area contributed by atoms with Gasteiger partial charge in [0.25, 0.3) is 0 Å². The van der Waals surface area contributed by atoms with Crippen molar-refractivity contribution in [3.63, 3.8) is 0 Å². The lowest BCUT2D eigenvalue weighted by molar-refractivity contribution is -0.143. The van der Waals surface area contributed by atoms with Gasteiger partial charge in [0.2, 0.25) is 5.91 Å². The fourth-order valence-electron chi connectivity index (χ4n) is 6.30. The molecule has 0 bridgehead atoms. The molecule has 0 spiro atoms. The summed E-state index contributed by atoms with van der Waals surface area (Å²) in [4.78, 5) is 29.9. The quantitative estimate of drug-likeness (QED) is 0.741. The summed E-state index contributed by atoms with van der Waals surface area (Å²) in [6, 6.07) is 0.809. The van der Waals surface area contributed by atoms with Gasteiger partial charge in [0.15, 0.2) is 0 Å². The van der Waals surface area contributed by atoms with Crippen LogP contribution in [-0.2, 0) is 9.53 Å². The number of carbonyl (C=O) groups excluding carboxylic acids is 2. The minimum atomic E-state index is -0.143. The van der Waals surface area contributed by atoms with Crippen LogP contribution in [0, 0.1) is 17.8 Å². The van der Waals surface area contributed by atoms with Gasteiger partial charge in [0, 0.05) is 31.1 Å². The first-order valence-corrected chi connectivity index (χ1v) is 11.4. The predicted octanol–water partition coefficient (Wildman–Crippen LogP) is 4.20. The zero-order chi connectivity index (χ0) is 18.8. The highest BCUT2D eigenvalue weighted by atomic mass is 16.6. The van der Waals surface area contributed by atoms with E-state index >= 15 is 0 Å². The molecule has 2 aliphatic heterocycles. The van der Waals surface area contributed by atoms with Gasteiger partial charge in [-0.15, -0.1) is 0 Å². The number of amides is 2. The monoisotopic (exact) mass is 376 g/mol. The molecule has 4 fully saturated rings. The molecule has 2 heterocycles. The Kier molecular flexibility index (Phi) is 5.93. The van der Waals surface area contributed by atoms with Crippen LogP contribution >= 0.6 is 0 Å². The van der Waals surface area contributed by atoms with Gasteiger partial charge in [-0.1, -0.05) is 19.8 Å². The van der Waals surface area contributed by atoms with Crippen LogP contribution < -0.4 is 0 Å². The number of fused-ring (bicyclic) bond motifs is 2. The van der Waals surface area contributed by atoms with Crippen LogP contribution in [0.3, 0.4) is 0 Å². The van der Waals surface area contributed by atoms with Crippen molar-refractivity contribution < 1.29 is 14.3 Å². The molecule has 5 atom stereocenters. The van der Waals surface area contributed by atoms with Crippen molar-refractivity contribution in [2.45, 2.75) is 89.6 Å². The molecule has 2 saturated heterocycles. The first kappa shape index (κ1) is 19.1. The highest BCUT2D eigenvalue weighted by Crippen LogP contribution is 2.42. The normalized spacial score (nSPS) is 36.1. The molecule has 5 nitrogen and oxygen atoms in total. The van der Waals surface area contributed by atoms with Crippen LogP contribution in [0.2, 0.25) is 0 Å². The molecule has 4 rings (SSSR count). The zero-order valence-corrected chi connectivity index (χ0v) is 16.9. The summed E-state index contributed by atoms with van der Waals surface area (Å²) in [6.45, 7) is 4.30. The van der Waals surface area contributed by atoms with Crippen LogP contribution in [0.25, 0.3) is 0 Å². The van der Waals surface area contributed by atoms with Crippen LogP contribution in [0.15, 0.2) is 0 Å². The van der Waals surface area contributed by atoms with Crippen molar-refractivity contribution in [1.82, 2.24) is 9.80 Å². The second-order valence-corrected chi connectivity index (χ2v) is 9.22. The summed E-state index contributed by atoms with van der Waals surface area (Å²) in [5, 5.41) is 0. The standard InChI is InChI=1S/C22H36N2O3/c1-2-14-27-22(26)24-13-11-17-15-18(9-10-20(17)24)21(25)23-12-5-7-16-6-3-4-8-19(16)23/h16-20H,2-15H2,1H3/t16?,17-,18?,19?,20?/m0/s1. The average molecular weight is 377 g/mol. The minimum Gasteiger partial charge on any atom is -0.449 e. The molecule has 2 saturated carbocycles. The summed E-state index contributed by atoms with van der Waals surface area (Å²) in [7, 11) is 0. The van der Waals surface area contributed by atoms with Gasteiger partial charge in [-0.25, -0.2) is 4.79 Å². The van der Waals surface area contributed by atoms with Gasteiger partial charge >= 0.3 is 6.09 Å².